The van der Waals surface area contributed by atoms with Crippen LogP contribution < -0.4 is 18.9 Å². The minimum Gasteiger partial charge on any atom is -0.507 e. The van der Waals surface area contributed by atoms with Gasteiger partial charge in [0.2, 0.25) is 20.0 Å². The van der Waals surface area contributed by atoms with E-state index in [1.807, 2.05) is 0 Å². The standard InChI is InChI=1S/C66H78N2O8S2/c1-15-43-19-23-57(24-20-43)77(71,72)67-27-17-29-75-61-49-31-45-35-53(63(3,4)5)37-47(59(45)69)33-51-41-56(66(12,13)14)42-52(62(51)76-30-18-28-68-78(73,74)58-25-21-44(16-2)22-26-58)34-48-38-54(64(6,7)8)36-46(60(48)70)32-50(61)40-55(39-49)65(9,10)11/h1-2,19-26,35-42,67-70H,17-18,27-34H2,3-14H3. The van der Waals surface area contributed by atoms with Gasteiger partial charge in [0.05, 0.1) is 23.0 Å². The Hall–Kier alpha value is -6.54. The summed E-state index contributed by atoms with van der Waals surface area (Å²) in [5.74, 6) is 6.59. The number of ether oxygens (including phenoxy) is 2. The van der Waals surface area contributed by atoms with Gasteiger partial charge in [-0.15, -0.1) is 12.8 Å². The molecule has 4 N–H and O–H groups in total. The number of terminal acetylenes is 2. The molecule has 6 aromatic rings. The highest BCUT2D eigenvalue weighted by Gasteiger charge is 2.29. The first-order valence-corrected chi connectivity index (χ1v) is 29.8. The van der Waals surface area contributed by atoms with Crippen LogP contribution in [0.5, 0.6) is 23.0 Å². The van der Waals surface area contributed by atoms with Crippen LogP contribution in [0.2, 0.25) is 0 Å². The molecular weight excluding hydrogens is 1010 g/mol. The number of phenols is 2. The quantitative estimate of drug-likeness (QED) is 0.0621. The summed E-state index contributed by atoms with van der Waals surface area (Å²) in [5.41, 5.74) is 10.4. The predicted molar refractivity (Wildman–Crippen MR) is 314 cm³/mol. The number of aromatic hydroxyl groups is 2. The lowest BCUT2D eigenvalue weighted by atomic mass is 9.79. The number of fused-ring (bicyclic) bond motifs is 8. The van der Waals surface area contributed by atoms with Gasteiger partial charge in [-0.05, 0) is 150 Å². The van der Waals surface area contributed by atoms with Crippen molar-refractivity contribution in [2.75, 3.05) is 26.3 Å². The van der Waals surface area contributed by atoms with Gasteiger partial charge in [0, 0.05) is 49.9 Å². The molecule has 0 aliphatic heterocycles. The second-order valence-electron chi connectivity index (χ2n) is 24.8. The normalized spacial score (nSPS) is 13.4. The second-order valence-corrected chi connectivity index (χ2v) is 28.3. The summed E-state index contributed by atoms with van der Waals surface area (Å²) in [6.07, 6.45) is 12.9. The molecule has 0 amide bonds. The van der Waals surface area contributed by atoms with Crippen LogP contribution in [0.1, 0.15) is 174 Å². The Balaban J connectivity index is 1.36. The van der Waals surface area contributed by atoms with Crippen molar-refractivity contribution in [2.45, 2.75) is 153 Å². The predicted octanol–water partition coefficient (Wildman–Crippen LogP) is 12.4. The van der Waals surface area contributed by atoms with Crippen molar-refractivity contribution >= 4 is 20.0 Å². The zero-order valence-electron chi connectivity index (χ0n) is 47.6. The Morgan fingerprint density at radius 1 is 0.436 bits per heavy atom. The largest absolute Gasteiger partial charge is 0.507 e. The fourth-order valence-electron chi connectivity index (χ4n) is 9.55. The number of rotatable bonds is 14. The summed E-state index contributed by atoms with van der Waals surface area (Å²) >= 11 is 0. The molecule has 8 bridgehead atoms. The summed E-state index contributed by atoms with van der Waals surface area (Å²) in [6.45, 7) is 26.5. The highest BCUT2D eigenvalue weighted by atomic mass is 32.2. The number of hydrogen-bond donors (Lipinski definition) is 4. The molecule has 0 saturated heterocycles. The molecule has 412 valence electrons. The van der Waals surface area contributed by atoms with Crippen LogP contribution in [0.4, 0.5) is 0 Å². The molecule has 0 atom stereocenters. The Bertz CT molecular complexity index is 3170. The van der Waals surface area contributed by atoms with Crippen LogP contribution in [0.3, 0.4) is 0 Å². The van der Waals surface area contributed by atoms with Crippen LogP contribution in [0.25, 0.3) is 0 Å². The van der Waals surface area contributed by atoms with E-state index < -0.39 is 20.0 Å². The SMILES string of the molecule is C#Cc1ccc(S(=O)(=O)NCCCOc2c3cc(C(C)(C)C)cc2Cc2cc(C(C)(C)C)cc(c2O)Cc2cc(C(C)(C)C)cc(c2OCCCNS(=O)(=O)c2ccc(C#C)cc2)Cc2cc(C(C)(C)C)cc(c2O)C3)cc1. The van der Waals surface area contributed by atoms with Crippen molar-refractivity contribution in [3.8, 4) is 47.7 Å². The van der Waals surface area contributed by atoms with Gasteiger partial charge < -0.3 is 19.7 Å². The molecule has 0 radical (unpaired) electrons. The maximum absolute atomic E-state index is 13.3. The first-order chi connectivity index (χ1) is 36.4. The van der Waals surface area contributed by atoms with Gasteiger partial charge in [0.15, 0.2) is 0 Å². The number of sulfonamides is 2. The smallest absolute Gasteiger partial charge is 0.240 e. The number of benzene rings is 6. The van der Waals surface area contributed by atoms with Crippen LogP contribution in [-0.4, -0.2) is 53.4 Å². The van der Waals surface area contributed by atoms with Crippen molar-refractivity contribution in [2.24, 2.45) is 0 Å². The van der Waals surface area contributed by atoms with E-state index in [0.717, 1.165) is 44.5 Å². The Labute approximate surface area is 465 Å². The maximum Gasteiger partial charge on any atom is 0.240 e. The molecule has 6 aromatic carbocycles. The van der Waals surface area contributed by atoms with Crippen LogP contribution in [0.15, 0.2) is 107 Å². The van der Waals surface area contributed by atoms with Gasteiger partial charge in [0.1, 0.15) is 23.0 Å². The second kappa shape index (κ2) is 23.0. The average molecular weight is 1090 g/mol. The van der Waals surface area contributed by atoms with Gasteiger partial charge in [0.25, 0.3) is 0 Å². The summed E-state index contributed by atoms with van der Waals surface area (Å²) in [6, 6.07) is 29.3. The molecule has 0 saturated carbocycles. The van der Waals surface area contributed by atoms with Gasteiger partial charge in [-0.3, -0.25) is 0 Å². The molecule has 0 spiro atoms. The maximum atomic E-state index is 13.3. The lowest BCUT2D eigenvalue weighted by Gasteiger charge is -2.28. The Morgan fingerprint density at radius 3 is 0.910 bits per heavy atom. The monoisotopic (exact) mass is 1090 g/mol. The number of hydrogen-bond acceptors (Lipinski definition) is 8. The van der Waals surface area contributed by atoms with Crippen molar-refractivity contribution < 1.29 is 36.5 Å². The van der Waals surface area contributed by atoms with Crippen molar-refractivity contribution in [1.82, 2.24) is 9.44 Å². The van der Waals surface area contributed by atoms with E-state index in [4.69, 9.17) is 22.3 Å². The van der Waals surface area contributed by atoms with Gasteiger partial charge >= 0.3 is 0 Å². The lowest BCUT2D eigenvalue weighted by Crippen LogP contribution is -2.26. The van der Waals surface area contributed by atoms with Gasteiger partial charge in [-0.1, -0.05) is 143 Å². The fourth-order valence-corrected chi connectivity index (χ4v) is 11.7. The topological polar surface area (TPSA) is 151 Å². The zero-order chi connectivity index (χ0) is 57.2. The molecule has 10 nitrogen and oxygen atoms in total. The summed E-state index contributed by atoms with van der Waals surface area (Å²) in [4.78, 5) is 0.235. The lowest BCUT2D eigenvalue weighted by molar-refractivity contribution is 0.305. The van der Waals surface area contributed by atoms with E-state index in [-0.39, 0.29) is 69.3 Å². The minimum absolute atomic E-state index is 0.115. The van der Waals surface area contributed by atoms with Gasteiger partial charge in [-0.25, -0.2) is 26.3 Å². The molecule has 0 unspecified atom stereocenters. The summed E-state index contributed by atoms with van der Waals surface area (Å²) < 4.78 is 72.4. The van der Waals surface area contributed by atoms with E-state index >= 15 is 0 Å². The molecule has 1 aliphatic rings. The van der Waals surface area contributed by atoms with E-state index in [1.165, 1.54) is 24.3 Å². The molecule has 0 aromatic heterocycles. The fraction of sp³-hybridized carbons (Fsp3) is 0.394. The minimum atomic E-state index is -3.82. The first kappa shape index (κ1) is 59.1. The number of nitrogens with one attached hydrogen (secondary N) is 2. The van der Waals surface area contributed by atoms with E-state index in [9.17, 15) is 27.0 Å². The molecule has 1 aliphatic carbocycles. The molecule has 12 heteroatoms. The Kier molecular flexibility index (Phi) is 17.5. The number of phenolic OH excluding ortho intramolecular Hbond substituents is 2. The third-order valence-electron chi connectivity index (χ3n) is 14.4. The summed E-state index contributed by atoms with van der Waals surface area (Å²) in [7, 11) is -7.64. The average Bonchev–Trinajstić information content (AvgIpc) is 3.42. The molecule has 0 fully saturated rings. The van der Waals surface area contributed by atoms with E-state index in [0.29, 0.717) is 83.4 Å². The third kappa shape index (κ3) is 14.2. The van der Waals surface area contributed by atoms with Crippen LogP contribution >= 0.6 is 0 Å². The molecule has 78 heavy (non-hydrogen) atoms. The van der Waals surface area contributed by atoms with Gasteiger partial charge in [-0.2, -0.15) is 0 Å². The zero-order valence-corrected chi connectivity index (χ0v) is 49.3. The molecule has 7 rings (SSSR count). The van der Waals surface area contributed by atoms with Crippen LogP contribution in [-0.2, 0) is 67.4 Å². The van der Waals surface area contributed by atoms with E-state index in [2.05, 4.69) is 153 Å². The van der Waals surface area contributed by atoms with Crippen molar-refractivity contribution in [3.63, 3.8) is 0 Å². The van der Waals surface area contributed by atoms with E-state index in [1.54, 1.807) is 24.3 Å². The van der Waals surface area contributed by atoms with Crippen molar-refractivity contribution in [1.29, 1.82) is 0 Å². The Morgan fingerprint density at radius 2 is 0.679 bits per heavy atom. The molecular formula is C66H78N2O8S2. The third-order valence-corrected chi connectivity index (χ3v) is 17.3. The van der Waals surface area contributed by atoms with Crippen molar-refractivity contribution in [3.05, 3.63) is 175 Å². The highest BCUT2D eigenvalue weighted by molar-refractivity contribution is 7.89. The summed E-state index contributed by atoms with van der Waals surface area (Å²) in [5, 5.41) is 25.5. The first-order valence-electron chi connectivity index (χ1n) is 26.8. The van der Waals surface area contributed by atoms with Crippen LogP contribution in [0, 0.1) is 24.7 Å². The highest BCUT2D eigenvalue weighted by Crippen LogP contribution is 2.44. The molecule has 0 heterocycles.